The van der Waals surface area contributed by atoms with Gasteiger partial charge in [0.2, 0.25) is 5.78 Å². The molecule has 0 N–H and O–H groups in total. The Bertz CT molecular complexity index is 1520. The fourth-order valence-electron chi connectivity index (χ4n) is 5.19. The molecule has 3 aromatic carbocycles. The van der Waals surface area contributed by atoms with Gasteiger partial charge in [-0.05, 0) is 49.8 Å². The highest BCUT2D eigenvalue weighted by molar-refractivity contribution is 6.15. The minimum atomic E-state index is -0.101. The number of Topliss-reactive ketones (excluding diaryl/α,β-unsaturated/α-hetero) is 1. The molecule has 4 aromatic rings. The highest BCUT2D eigenvalue weighted by atomic mass is 16.5. The summed E-state index contributed by atoms with van der Waals surface area (Å²) in [5, 5.41) is 1.02. The molecule has 0 bridgehead atoms. The molecular weight excluding hydrogens is 452 g/mol. The standard InChI is InChI=1S/C30H28N2O4/c1-4-32-17-21(24-14-23(34-3)10-11-26(24)32)13-27-28(33)25-12-22-16-31(15-20-8-6-5-7-9-20)18-35-29(22)19(2)30(25)36-27/h5-14,17H,4,15-16,18H2,1-3H3/b27-13-. The van der Waals surface area contributed by atoms with Gasteiger partial charge in [-0.15, -0.1) is 0 Å². The molecular formula is C30H28N2O4. The quantitative estimate of drug-likeness (QED) is 0.331. The second-order valence-corrected chi connectivity index (χ2v) is 9.31. The number of methoxy groups -OCH3 is 1. The predicted octanol–water partition coefficient (Wildman–Crippen LogP) is 5.95. The number of aromatic nitrogens is 1. The van der Waals surface area contributed by atoms with Crippen LogP contribution in [0.3, 0.4) is 0 Å². The van der Waals surface area contributed by atoms with Crippen LogP contribution in [-0.2, 0) is 19.6 Å². The van der Waals surface area contributed by atoms with Crippen molar-refractivity contribution >= 4 is 22.8 Å². The molecule has 182 valence electrons. The molecule has 0 atom stereocenters. The first kappa shape index (κ1) is 22.4. The van der Waals surface area contributed by atoms with Gasteiger partial charge in [-0.3, -0.25) is 9.69 Å². The lowest BCUT2D eigenvalue weighted by molar-refractivity contribution is 0.0876. The third-order valence-electron chi connectivity index (χ3n) is 7.00. The number of ketones is 1. The van der Waals surface area contributed by atoms with E-state index in [1.807, 2.05) is 55.5 Å². The van der Waals surface area contributed by atoms with E-state index in [-0.39, 0.29) is 5.78 Å². The summed E-state index contributed by atoms with van der Waals surface area (Å²) in [7, 11) is 1.66. The fourth-order valence-corrected chi connectivity index (χ4v) is 5.19. The van der Waals surface area contributed by atoms with Crippen molar-refractivity contribution < 1.29 is 19.0 Å². The van der Waals surface area contributed by atoms with Gasteiger partial charge < -0.3 is 18.8 Å². The molecule has 0 aliphatic carbocycles. The molecule has 0 unspecified atom stereocenters. The van der Waals surface area contributed by atoms with E-state index in [1.54, 1.807) is 7.11 Å². The van der Waals surface area contributed by atoms with E-state index in [1.165, 1.54) is 5.56 Å². The van der Waals surface area contributed by atoms with Gasteiger partial charge in [-0.25, -0.2) is 0 Å². The molecule has 0 radical (unpaired) electrons. The zero-order valence-electron chi connectivity index (χ0n) is 20.7. The number of rotatable bonds is 5. The number of hydrogen-bond acceptors (Lipinski definition) is 5. The number of carbonyl (C=O) groups is 1. The van der Waals surface area contributed by atoms with Gasteiger partial charge in [0, 0.05) is 53.4 Å². The minimum absolute atomic E-state index is 0.101. The largest absolute Gasteiger partial charge is 0.497 e. The lowest BCUT2D eigenvalue weighted by Gasteiger charge is -2.30. The maximum Gasteiger partial charge on any atom is 0.231 e. The van der Waals surface area contributed by atoms with Crippen LogP contribution >= 0.6 is 0 Å². The number of aryl methyl sites for hydroxylation is 1. The van der Waals surface area contributed by atoms with Crippen LogP contribution in [0.4, 0.5) is 0 Å². The molecule has 6 rings (SSSR count). The zero-order chi connectivity index (χ0) is 24.8. The van der Waals surface area contributed by atoms with Gasteiger partial charge in [0.25, 0.3) is 0 Å². The fraction of sp³-hybridized carbons (Fsp3) is 0.233. The Labute approximate surface area is 210 Å². The van der Waals surface area contributed by atoms with Crippen LogP contribution in [0.1, 0.15) is 39.5 Å². The van der Waals surface area contributed by atoms with Gasteiger partial charge in [0.15, 0.2) is 5.76 Å². The maximum atomic E-state index is 13.5. The van der Waals surface area contributed by atoms with Crippen molar-refractivity contribution in [2.45, 2.75) is 33.5 Å². The normalized spacial score (nSPS) is 16.1. The van der Waals surface area contributed by atoms with Crippen LogP contribution in [0.25, 0.3) is 17.0 Å². The SMILES string of the molecule is CCn1cc(/C=C2\Oc3c(cc4c(c3C)OCN(Cc3ccccc3)C4)C2=O)c2cc(OC)ccc21. The third-order valence-corrected chi connectivity index (χ3v) is 7.00. The smallest absolute Gasteiger partial charge is 0.231 e. The van der Waals surface area contributed by atoms with Crippen LogP contribution in [-0.4, -0.2) is 29.1 Å². The first-order valence-electron chi connectivity index (χ1n) is 12.2. The zero-order valence-corrected chi connectivity index (χ0v) is 20.7. The average molecular weight is 481 g/mol. The first-order valence-corrected chi connectivity index (χ1v) is 12.2. The number of hydrogen-bond donors (Lipinski definition) is 0. The first-order chi connectivity index (χ1) is 17.6. The van der Waals surface area contributed by atoms with Crippen molar-refractivity contribution in [3.63, 3.8) is 0 Å². The molecule has 0 saturated heterocycles. The molecule has 0 spiro atoms. The van der Waals surface area contributed by atoms with E-state index < -0.39 is 0 Å². The maximum absolute atomic E-state index is 13.5. The predicted molar refractivity (Wildman–Crippen MR) is 139 cm³/mol. The summed E-state index contributed by atoms with van der Waals surface area (Å²) in [4.78, 5) is 15.7. The van der Waals surface area contributed by atoms with E-state index in [9.17, 15) is 4.79 Å². The van der Waals surface area contributed by atoms with Crippen molar-refractivity contribution in [3.05, 3.63) is 94.4 Å². The molecule has 36 heavy (non-hydrogen) atoms. The van der Waals surface area contributed by atoms with E-state index in [0.29, 0.717) is 30.3 Å². The van der Waals surface area contributed by atoms with Crippen LogP contribution < -0.4 is 14.2 Å². The second kappa shape index (κ2) is 8.88. The Balaban J connectivity index is 1.33. The summed E-state index contributed by atoms with van der Waals surface area (Å²) < 4.78 is 19.9. The Morgan fingerprint density at radius 3 is 2.69 bits per heavy atom. The number of ether oxygens (including phenoxy) is 3. The molecule has 1 aromatic heterocycles. The molecule has 0 saturated carbocycles. The van der Waals surface area contributed by atoms with Crippen molar-refractivity contribution in [1.29, 1.82) is 0 Å². The van der Waals surface area contributed by atoms with Crippen LogP contribution in [0.5, 0.6) is 17.2 Å². The Kier molecular flexibility index (Phi) is 5.53. The van der Waals surface area contributed by atoms with Crippen molar-refractivity contribution in [2.24, 2.45) is 0 Å². The number of nitrogens with zero attached hydrogens (tertiary/aromatic N) is 2. The minimum Gasteiger partial charge on any atom is -0.497 e. The van der Waals surface area contributed by atoms with E-state index in [0.717, 1.165) is 52.2 Å². The van der Waals surface area contributed by atoms with E-state index in [4.69, 9.17) is 14.2 Å². The van der Waals surface area contributed by atoms with Crippen molar-refractivity contribution in [3.8, 4) is 17.2 Å². The number of carbonyl (C=O) groups excluding carboxylic acids is 1. The lowest BCUT2D eigenvalue weighted by atomic mass is 9.99. The lowest BCUT2D eigenvalue weighted by Crippen LogP contribution is -2.32. The van der Waals surface area contributed by atoms with Gasteiger partial charge >= 0.3 is 0 Å². The number of fused-ring (bicyclic) bond motifs is 3. The van der Waals surface area contributed by atoms with Gasteiger partial charge in [0.1, 0.15) is 24.0 Å². The molecule has 2 aliphatic rings. The molecule has 0 amide bonds. The van der Waals surface area contributed by atoms with E-state index >= 15 is 0 Å². The topological polar surface area (TPSA) is 52.9 Å². The summed E-state index contributed by atoms with van der Waals surface area (Å²) in [6.07, 6.45) is 3.90. The van der Waals surface area contributed by atoms with Crippen molar-refractivity contribution in [2.75, 3.05) is 13.8 Å². The van der Waals surface area contributed by atoms with Crippen LogP contribution in [0.15, 0.2) is 66.6 Å². The van der Waals surface area contributed by atoms with Gasteiger partial charge in [-0.1, -0.05) is 30.3 Å². The Hall–Kier alpha value is -4.03. The highest BCUT2D eigenvalue weighted by Gasteiger charge is 2.34. The number of allylic oxidation sites excluding steroid dienone is 1. The van der Waals surface area contributed by atoms with Crippen molar-refractivity contribution in [1.82, 2.24) is 9.47 Å². The Morgan fingerprint density at radius 1 is 1.08 bits per heavy atom. The highest BCUT2D eigenvalue weighted by Crippen LogP contribution is 2.43. The molecule has 0 fully saturated rings. The summed E-state index contributed by atoms with van der Waals surface area (Å²) in [6, 6.07) is 18.3. The van der Waals surface area contributed by atoms with Crippen LogP contribution in [0.2, 0.25) is 0 Å². The molecule has 2 aliphatic heterocycles. The second-order valence-electron chi connectivity index (χ2n) is 9.31. The third kappa shape index (κ3) is 3.74. The molecule has 6 nitrogen and oxygen atoms in total. The summed E-state index contributed by atoms with van der Waals surface area (Å²) in [5.41, 5.74) is 5.73. The molecule has 6 heteroatoms. The summed E-state index contributed by atoms with van der Waals surface area (Å²) in [6.45, 7) is 6.89. The van der Waals surface area contributed by atoms with E-state index in [2.05, 4.69) is 34.7 Å². The van der Waals surface area contributed by atoms with Gasteiger partial charge in [0.05, 0.1) is 12.7 Å². The Morgan fingerprint density at radius 2 is 1.92 bits per heavy atom. The molecule has 3 heterocycles. The van der Waals surface area contributed by atoms with Gasteiger partial charge in [-0.2, -0.15) is 0 Å². The monoisotopic (exact) mass is 480 g/mol. The number of benzene rings is 3. The summed E-state index contributed by atoms with van der Waals surface area (Å²) >= 11 is 0. The van der Waals surface area contributed by atoms with Crippen LogP contribution in [0, 0.1) is 6.92 Å². The average Bonchev–Trinajstić information content (AvgIpc) is 3.41. The summed E-state index contributed by atoms with van der Waals surface area (Å²) in [5.74, 6) is 2.42.